The molecule has 0 spiro atoms. The summed E-state index contributed by atoms with van der Waals surface area (Å²) in [6.45, 7) is -0.227. The third-order valence-corrected chi connectivity index (χ3v) is 4.41. The molecule has 0 saturated carbocycles. The lowest BCUT2D eigenvalue weighted by atomic mass is 10.1. The molecule has 9 heteroatoms. The number of nitrogens with one attached hydrogen (secondary N) is 1. The summed E-state index contributed by atoms with van der Waals surface area (Å²) in [6.07, 6.45) is 3.39. The van der Waals surface area contributed by atoms with Gasteiger partial charge in [-0.1, -0.05) is 0 Å². The van der Waals surface area contributed by atoms with Crippen LogP contribution in [0.1, 0.15) is 26.5 Å². The molecule has 138 valence electrons. The highest BCUT2D eigenvalue weighted by Gasteiger charge is 2.15. The Morgan fingerprint density at radius 2 is 2.04 bits per heavy atom. The van der Waals surface area contributed by atoms with Gasteiger partial charge in [-0.2, -0.15) is 0 Å². The number of pyridine rings is 1. The van der Waals surface area contributed by atoms with Gasteiger partial charge in [0.25, 0.3) is 5.56 Å². The van der Waals surface area contributed by atoms with Gasteiger partial charge < -0.3 is 14.5 Å². The molecular formula is C18H15N3O5S. The number of ether oxygens (including phenoxy) is 2. The van der Waals surface area contributed by atoms with Crippen molar-refractivity contribution in [1.29, 1.82) is 0 Å². The largest absolute Gasteiger partial charge is 0.465 e. The van der Waals surface area contributed by atoms with Crippen molar-refractivity contribution in [2.45, 2.75) is 11.6 Å². The summed E-state index contributed by atoms with van der Waals surface area (Å²) in [5.41, 5.74) is 0.514. The molecule has 0 atom stereocenters. The highest BCUT2D eigenvalue weighted by Crippen LogP contribution is 2.18. The van der Waals surface area contributed by atoms with E-state index in [-0.39, 0.29) is 18.0 Å². The van der Waals surface area contributed by atoms with E-state index < -0.39 is 17.5 Å². The molecule has 27 heavy (non-hydrogen) atoms. The van der Waals surface area contributed by atoms with Crippen LogP contribution < -0.4 is 5.56 Å². The van der Waals surface area contributed by atoms with Crippen molar-refractivity contribution in [2.24, 2.45) is 0 Å². The fraction of sp³-hybridized carbons (Fsp3) is 0.167. The van der Waals surface area contributed by atoms with Crippen LogP contribution >= 0.6 is 11.8 Å². The van der Waals surface area contributed by atoms with Crippen LogP contribution in [0, 0.1) is 0 Å². The van der Waals surface area contributed by atoms with Gasteiger partial charge in [-0.3, -0.25) is 4.79 Å². The van der Waals surface area contributed by atoms with E-state index in [1.807, 2.05) is 0 Å². The number of rotatable bonds is 5. The maximum atomic E-state index is 12.3. The number of aromatic nitrogens is 3. The normalized spacial score (nSPS) is 10.6. The van der Waals surface area contributed by atoms with Crippen LogP contribution in [0.2, 0.25) is 0 Å². The molecule has 0 fully saturated rings. The second-order valence-electron chi connectivity index (χ2n) is 5.37. The van der Waals surface area contributed by atoms with E-state index in [4.69, 9.17) is 4.74 Å². The molecule has 0 amide bonds. The summed E-state index contributed by atoms with van der Waals surface area (Å²) in [7, 11) is 1.27. The summed E-state index contributed by atoms with van der Waals surface area (Å²) in [5, 5.41) is 0.861. The van der Waals surface area contributed by atoms with Gasteiger partial charge in [0, 0.05) is 6.20 Å². The molecule has 0 unspecified atom stereocenters. The average Bonchev–Trinajstić information content (AvgIpc) is 2.70. The first-order valence-corrected chi connectivity index (χ1v) is 9.03. The predicted octanol–water partition coefficient (Wildman–Crippen LogP) is 2.18. The monoisotopic (exact) mass is 385 g/mol. The van der Waals surface area contributed by atoms with Gasteiger partial charge in [-0.05, 0) is 36.6 Å². The zero-order valence-electron chi connectivity index (χ0n) is 14.5. The van der Waals surface area contributed by atoms with E-state index in [1.165, 1.54) is 37.1 Å². The molecule has 3 aromatic rings. The van der Waals surface area contributed by atoms with Crippen LogP contribution in [0.15, 0.2) is 46.3 Å². The number of carbonyl (C=O) groups is 2. The molecule has 0 aliphatic carbocycles. The van der Waals surface area contributed by atoms with E-state index in [0.29, 0.717) is 21.5 Å². The quantitative estimate of drug-likeness (QED) is 0.525. The fourth-order valence-electron chi connectivity index (χ4n) is 2.42. The standard InChI is InChI=1S/C18H15N3O5S/c1-25-17(23)10-5-6-11-13(8-10)20-14(21-15(11)22)9-26-18(24)12-4-3-7-19-16(12)27-2/h3-8H,9H2,1-2H3,(H,20,21,22). The summed E-state index contributed by atoms with van der Waals surface area (Å²) < 4.78 is 9.91. The van der Waals surface area contributed by atoms with E-state index in [2.05, 4.69) is 19.7 Å². The summed E-state index contributed by atoms with van der Waals surface area (Å²) in [4.78, 5) is 47.1. The highest BCUT2D eigenvalue weighted by atomic mass is 32.2. The molecule has 8 nitrogen and oxygen atoms in total. The number of benzene rings is 1. The Kier molecular flexibility index (Phi) is 5.51. The molecule has 0 radical (unpaired) electrons. The molecule has 1 N–H and O–H groups in total. The number of fused-ring (bicyclic) bond motifs is 1. The second-order valence-corrected chi connectivity index (χ2v) is 6.17. The Hall–Kier alpha value is -3.20. The van der Waals surface area contributed by atoms with Gasteiger partial charge in [0.2, 0.25) is 0 Å². The zero-order chi connectivity index (χ0) is 19.4. The number of nitrogens with zero attached hydrogens (tertiary/aromatic N) is 2. The fourth-order valence-corrected chi connectivity index (χ4v) is 2.96. The van der Waals surface area contributed by atoms with Crippen LogP contribution in [-0.4, -0.2) is 40.3 Å². The Bertz CT molecular complexity index is 1080. The summed E-state index contributed by atoms with van der Waals surface area (Å²) >= 11 is 1.33. The van der Waals surface area contributed by atoms with Gasteiger partial charge in [0.05, 0.1) is 29.1 Å². The average molecular weight is 385 g/mol. The van der Waals surface area contributed by atoms with Gasteiger partial charge in [0.15, 0.2) is 0 Å². The molecule has 1 aromatic carbocycles. The number of methoxy groups -OCH3 is 1. The number of aromatic amines is 1. The third kappa shape index (κ3) is 3.98. The molecule has 0 bridgehead atoms. The maximum absolute atomic E-state index is 12.3. The summed E-state index contributed by atoms with van der Waals surface area (Å²) in [6, 6.07) is 7.68. The van der Waals surface area contributed by atoms with Crippen molar-refractivity contribution in [2.75, 3.05) is 13.4 Å². The number of carbonyl (C=O) groups excluding carboxylic acids is 2. The van der Waals surface area contributed by atoms with Crippen molar-refractivity contribution in [3.63, 3.8) is 0 Å². The van der Waals surface area contributed by atoms with E-state index >= 15 is 0 Å². The minimum absolute atomic E-state index is 0.164. The minimum atomic E-state index is -0.571. The second kappa shape index (κ2) is 8.00. The Morgan fingerprint density at radius 3 is 2.78 bits per heavy atom. The third-order valence-electron chi connectivity index (χ3n) is 3.70. The molecule has 0 aliphatic heterocycles. The SMILES string of the molecule is COC(=O)c1ccc2c(=O)[nH]c(COC(=O)c3cccnc3SC)nc2c1. The summed E-state index contributed by atoms with van der Waals surface area (Å²) in [5.74, 6) is -0.941. The van der Waals surface area contributed by atoms with Crippen LogP contribution in [0.25, 0.3) is 10.9 Å². The lowest BCUT2D eigenvalue weighted by molar-refractivity contribution is 0.0457. The topological polar surface area (TPSA) is 111 Å². The Balaban J connectivity index is 1.85. The molecule has 2 aromatic heterocycles. The van der Waals surface area contributed by atoms with Crippen molar-refractivity contribution >= 4 is 34.6 Å². The van der Waals surface area contributed by atoms with Crippen LogP contribution in [0.5, 0.6) is 0 Å². The zero-order valence-corrected chi connectivity index (χ0v) is 15.3. The Labute approximate surface area is 157 Å². The molecule has 0 saturated heterocycles. The number of hydrogen-bond acceptors (Lipinski definition) is 8. The van der Waals surface area contributed by atoms with Gasteiger partial charge in [-0.25, -0.2) is 19.6 Å². The van der Waals surface area contributed by atoms with Gasteiger partial charge in [-0.15, -0.1) is 11.8 Å². The van der Waals surface area contributed by atoms with Crippen molar-refractivity contribution in [1.82, 2.24) is 15.0 Å². The maximum Gasteiger partial charge on any atom is 0.341 e. The first-order valence-electron chi connectivity index (χ1n) is 7.81. The van der Waals surface area contributed by atoms with Crippen molar-refractivity contribution in [3.05, 3.63) is 63.8 Å². The van der Waals surface area contributed by atoms with Crippen LogP contribution in [0.4, 0.5) is 0 Å². The van der Waals surface area contributed by atoms with Crippen LogP contribution in [0.3, 0.4) is 0 Å². The van der Waals surface area contributed by atoms with Crippen molar-refractivity contribution in [3.8, 4) is 0 Å². The molecule has 3 rings (SSSR count). The van der Waals surface area contributed by atoms with E-state index in [1.54, 1.807) is 24.6 Å². The number of thioether (sulfide) groups is 1. The molecular weight excluding hydrogens is 370 g/mol. The van der Waals surface area contributed by atoms with Crippen LogP contribution in [-0.2, 0) is 16.1 Å². The van der Waals surface area contributed by atoms with Gasteiger partial charge >= 0.3 is 11.9 Å². The number of esters is 2. The lowest BCUT2D eigenvalue weighted by Crippen LogP contribution is -2.15. The molecule has 0 aliphatic rings. The van der Waals surface area contributed by atoms with E-state index in [0.717, 1.165) is 0 Å². The Morgan fingerprint density at radius 1 is 1.22 bits per heavy atom. The first-order chi connectivity index (χ1) is 13.0. The minimum Gasteiger partial charge on any atom is -0.465 e. The van der Waals surface area contributed by atoms with Crippen molar-refractivity contribution < 1.29 is 19.1 Å². The number of H-pyrrole nitrogens is 1. The first kappa shape index (κ1) is 18.6. The highest BCUT2D eigenvalue weighted by molar-refractivity contribution is 7.98. The van der Waals surface area contributed by atoms with Gasteiger partial charge in [0.1, 0.15) is 17.5 Å². The smallest absolute Gasteiger partial charge is 0.341 e. The van der Waals surface area contributed by atoms with E-state index in [9.17, 15) is 14.4 Å². The predicted molar refractivity (Wildman–Crippen MR) is 98.8 cm³/mol. The molecule has 2 heterocycles. The number of hydrogen-bond donors (Lipinski definition) is 1. The lowest BCUT2D eigenvalue weighted by Gasteiger charge is -2.08.